The predicted molar refractivity (Wildman–Crippen MR) is 99.9 cm³/mol. The van der Waals surface area contributed by atoms with Gasteiger partial charge in [-0.15, -0.1) is 0 Å². The molecule has 29 heavy (non-hydrogen) atoms. The van der Waals surface area contributed by atoms with Crippen molar-refractivity contribution in [3.8, 4) is 11.5 Å². The van der Waals surface area contributed by atoms with E-state index in [9.17, 15) is 23.1 Å². The first-order valence-electron chi connectivity index (χ1n) is 9.30. The summed E-state index contributed by atoms with van der Waals surface area (Å²) in [7, 11) is 0. The van der Waals surface area contributed by atoms with E-state index in [1.807, 2.05) is 0 Å². The van der Waals surface area contributed by atoms with Crippen molar-refractivity contribution in [1.29, 1.82) is 0 Å². The first-order chi connectivity index (χ1) is 13.8. The minimum Gasteiger partial charge on any atom is -0.493 e. The Balaban J connectivity index is 1.39. The second-order valence-corrected chi connectivity index (χ2v) is 6.98. The van der Waals surface area contributed by atoms with Crippen LogP contribution in [0.3, 0.4) is 0 Å². The fourth-order valence-electron chi connectivity index (χ4n) is 2.51. The van der Waals surface area contributed by atoms with Crippen molar-refractivity contribution < 1.29 is 32.5 Å². The number of halogens is 3. The standard InChI is InChI=1S/C21H22F3NO4/c22-21(23,24)16-5-9-19(10-6-16)29-13-17(26)11-25-20(27)15-3-7-18(8-4-15)28-12-14-1-2-14/h3-10,14,17,26H,1-2,11-13H2,(H,25,27). The number of carbonyl (C=O) groups is 1. The van der Waals surface area contributed by atoms with Gasteiger partial charge in [-0.1, -0.05) is 0 Å². The van der Waals surface area contributed by atoms with Crippen LogP contribution in [-0.2, 0) is 6.18 Å². The van der Waals surface area contributed by atoms with Crippen molar-refractivity contribution in [3.05, 3.63) is 59.7 Å². The summed E-state index contributed by atoms with van der Waals surface area (Å²) in [5.41, 5.74) is -0.346. The molecule has 1 aliphatic rings. The van der Waals surface area contributed by atoms with E-state index in [0.717, 1.165) is 12.1 Å². The zero-order chi connectivity index (χ0) is 20.9. The summed E-state index contributed by atoms with van der Waals surface area (Å²) in [6.07, 6.45) is -3.02. The number of ether oxygens (including phenoxy) is 2. The van der Waals surface area contributed by atoms with Gasteiger partial charge in [0.2, 0.25) is 0 Å². The fourth-order valence-corrected chi connectivity index (χ4v) is 2.51. The molecule has 2 aromatic rings. The van der Waals surface area contributed by atoms with Crippen LogP contribution in [-0.4, -0.2) is 36.9 Å². The van der Waals surface area contributed by atoms with Gasteiger partial charge in [0.25, 0.3) is 5.91 Å². The van der Waals surface area contributed by atoms with Crippen molar-refractivity contribution in [1.82, 2.24) is 5.32 Å². The number of carbonyl (C=O) groups excluding carboxylic acids is 1. The van der Waals surface area contributed by atoms with Gasteiger partial charge in [-0.3, -0.25) is 4.79 Å². The summed E-state index contributed by atoms with van der Waals surface area (Å²) in [5.74, 6) is 1.19. The average Bonchev–Trinajstić information content (AvgIpc) is 3.53. The van der Waals surface area contributed by atoms with Gasteiger partial charge in [0.05, 0.1) is 12.2 Å². The fraction of sp³-hybridized carbons (Fsp3) is 0.381. The molecule has 1 aliphatic carbocycles. The molecule has 1 fully saturated rings. The number of aliphatic hydroxyl groups is 1. The molecule has 0 spiro atoms. The molecule has 2 aromatic carbocycles. The molecular formula is C21H22F3NO4. The van der Waals surface area contributed by atoms with Gasteiger partial charge in [-0.2, -0.15) is 13.2 Å². The Bertz CT molecular complexity index is 802. The predicted octanol–water partition coefficient (Wildman–Crippen LogP) is 3.66. The lowest BCUT2D eigenvalue weighted by Crippen LogP contribution is -2.35. The lowest BCUT2D eigenvalue weighted by Gasteiger charge is -2.14. The average molecular weight is 409 g/mol. The van der Waals surface area contributed by atoms with Gasteiger partial charge >= 0.3 is 6.18 Å². The van der Waals surface area contributed by atoms with Crippen LogP contribution in [0.1, 0.15) is 28.8 Å². The molecule has 0 bridgehead atoms. The Labute approximate surface area is 166 Å². The molecule has 1 saturated carbocycles. The maximum atomic E-state index is 12.5. The largest absolute Gasteiger partial charge is 0.493 e. The molecule has 0 radical (unpaired) electrons. The Morgan fingerprint density at radius 3 is 2.21 bits per heavy atom. The molecule has 0 heterocycles. The highest BCUT2D eigenvalue weighted by Crippen LogP contribution is 2.30. The molecule has 0 saturated heterocycles. The maximum Gasteiger partial charge on any atom is 0.416 e. The molecule has 0 aliphatic heterocycles. The number of amides is 1. The van der Waals surface area contributed by atoms with Crippen molar-refractivity contribution in [2.45, 2.75) is 25.1 Å². The molecule has 156 valence electrons. The SMILES string of the molecule is O=C(NCC(O)COc1ccc(C(F)(F)F)cc1)c1ccc(OCC2CC2)cc1. The summed E-state index contributed by atoms with van der Waals surface area (Å²) < 4.78 is 48.4. The Morgan fingerprint density at radius 2 is 1.62 bits per heavy atom. The van der Waals surface area contributed by atoms with Crippen LogP contribution >= 0.6 is 0 Å². The lowest BCUT2D eigenvalue weighted by atomic mass is 10.2. The number of rotatable bonds is 9. The van der Waals surface area contributed by atoms with E-state index >= 15 is 0 Å². The number of hydrogen-bond acceptors (Lipinski definition) is 4. The smallest absolute Gasteiger partial charge is 0.416 e. The topological polar surface area (TPSA) is 67.8 Å². The van der Waals surface area contributed by atoms with E-state index in [-0.39, 0.29) is 24.8 Å². The maximum absolute atomic E-state index is 12.5. The molecule has 1 unspecified atom stereocenters. The van der Waals surface area contributed by atoms with Crippen LogP contribution < -0.4 is 14.8 Å². The first-order valence-corrected chi connectivity index (χ1v) is 9.30. The van der Waals surface area contributed by atoms with E-state index in [1.54, 1.807) is 24.3 Å². The minimum atomic E-state index is -4.41. The van der Waals surface area contributed by atoms with Gasteiger partial charge in [0.15, 0.2) is 0 Å². The van der Waals surface area contributed by atoms with Crippen molar-refractivity contribution in [3.63, 3.8) is 0 Å². The second kappa shape index (κ2) is 9.17. The Hall–Kier alpha value is -2.74. The van der Waals surface area contributed by atoms with Gasteiger partial charge in [-0.05, 0) is 67.3 Å². The molecule has 1 atom stereocenters. The molecule has 5 nitrogen and oxygen atoms in total. The summed E-state index contributed by atoms with van der Waals surface area (Å²) in [6, 6.07) is 10.9. The van der Waals surface area contributed by atoms with Crippen LogP contribution in [0, 0.1) is 5.92 Å². The van der Waals surface area contributed by atoms with Crippen LogP contribution in [0.5, 0.6) is 11.5 Å². The van der Waals surface area contributed by atoms with Crippen LogP contribution in [0.25, 0.3) is 0 Å². The highest BCUT2D eigenvalue weighted by atomic mass is 19.4. The van der Waals surface area contributed by atoms with Crippen molar-refractivity contribution >= 4 is 5.91 Å². The molecule has 3 rings (SSSR count). The zero-order valence-corrected chi connectivity index (χ0v) is 15.6. The molecule has 0 aromatic heterocycles. The third kappa shape index (κ3) is 6.67. The van der Waals surface area contributed by atoms with Gasteiger partial charge in [-0.25, -0.2) is 0 Å². The highest BCUT2D eigenvalue weighted by molar-refractivity contribution is 5.94. The minimum absolute atomic E-state index is 0.0562. The summed E-state index contributed by atoms with van der Waals surface area (Å²) in [6.45, 7) is 0.468. The summed E-state index contributed by atoms with van der Waals surface area (Å²) in [5, 5.41) is 12.5. The lowest BCUT2D eigenvalue weighted by molar-refractivity contribution is -0.137. The van der Waals surface area contributed by atoms with E-state index in [2.05, 4.69) is 5.32 Å². The van der Waals surface area contributed by atoms with E-state index in [4.69, 9.17) is 9.47 Å². The van der Waals surface area contributed by atoms with Crippen LogP contribution in [0.4, 0.5) is 13.2 Å². The normalized spacial score (nSPS) is 14.9. The van der Waals surface area contributed by atoms with Crippen molar-refractivity contribution in [2.75, 3.05) is 19.8 Å². The molecular weight excluding hydrogens is 387 g/mol. The molecule has 1 amide bonds. The van der Waals surface area contributed by atoms with Gasteiger partial charge < -0.3 is 19.9 Å². The van der Waals surface area contributed by atoms with Crippen molar-refractivity contribution in [2.24, 2.45) is 5.92 Å². The second-order valence-electron chi connectivity index (χ2n) is 6.98. The monoisotopic (exact) mass is 409 g/mol. The molecule has 8 heteroatoms. The number of alkyl halides is 3. The molecule has 2 N–H and O–H groups in total. The number of aliphatic hydroxyl groups excluding tert-OH is 1. The zero-order valence-electron chi connectivity index (χ0n) is 15.6. The van der Waals surface area contributed by atoms with Gasteiger partial charge in [0, 0.05) is 12.1 Å². The number of hydrogen-bond donors (Lipinski definition) is 2. The number of nitrogens with one attached hydrogen (secondary N) is 1. The Morgan fingerprint density at radius 1 is 1.03 bits per heavy atom. The number of benzene rings is 2. The van der Waals surface area contributed by atoms with Gasteiger partial charge in [0.1, 0.15) is 24.2 Å². The van der Waals surface area contributed by atoms with Crippen LogP contribution in [0.2, 0.25) is 0 Å². The van der Waals surface area contributed by atoms with E-state index in [0.29, 0.717) is 23.8 Å². The third-order valence-electron chi connectivity index (χ3n) is 4.42. The highest BCUT2D eigenvalue weighted by Gasteiger charge is 2.30. The van der Waals surface area contributed by atoms with Crippen LogP contribution in [0.15, 0.2) is 48.5 Å². The first kappa shape index (κ1) is 21.0. The summed E-state index contributed by atoms with van der Waals surface area (Å²) >= 11 is 0. The quantitative estimate of drug-likeness (QED) is 0.663. The third-order valence-corrected chi connectivity index (χ3v) is 4.42. The summed E-state index contributed by atoms with van der Waals surface area (Å²) in [4.78, 5) is 12.1. The van der Waals surface area contributed by atoms with E-state index in [1.165, 1.54) is 25.0 Å². The van der Waals surface area contributed by atoms with E-state index < -0.39 is 17.8 Å². The Kier molecular flexibility index (Phi) is 6.64.